The maximum absolute atomic E-state index is 11.9. The van der Waals surface area contributed by atoms with Crippen molar-refractivity contribution in [1.82, 2.24) is 29.7 Å². The summed E-state index contributed by atoms with van der Waals surface area (Å²) in [6.45, 7) is 5.92. The minimum absolute atomic E-state index is 0.396. The maximum atomic E-state index is 11.9. The lowest BCUT2D eigenvalue weighted by Gasteiger charge is -2.19. The summed E-state index contributed by atoms with van der Waals surface area (Å²) >= 11 is 0. The molecule has 0 radical (unpaired) electrons. The van der Waals surface area contributed by atoms with Crippen LogP contribution in [0, 0.1) is 0 Å². The SMILES string of the molecule is Cn1cc(-c2cc(-c3ccc(CNC(=O)OC(C)(C)C)cc3)n3cnnc3c2)cn1. The largest absolute Gasteiger partial charge is 0.444 e. The zero-order valence-corrected chi connectivity index (χ0v) is 17.5. The third kappa shape index (κ3) is 4.32. The predicted octanol–water partition coefficient (Wildman–Crippen LogP) is 3.82. The Morgan fingerprint density at radius 2 is 1.87 bits per heavy atom. The predicted molar refractivity (Wildman–Crippen MR) is 114 cm³/mol. The normalized spacial score (nSPS) is 11.6. The van der Waals surface area contributed by atoms with Crippen molar-refractivity contribution < 1.29 is 9.53 Å². The molecular weight excluding hydrogens is 380 g/mol. The van der Waals surface area contributed by atoms with E-state index in [-0.39, 0.29) is 0 Å². The van der Waals surface area contributed by atoms with Gasteiger partial charge in [-0.2, -0.15) is 5.10 Å². The molecule has 3 aromatic heterocycles. The van der Waals surface area contributed by atoms with E-state index < -0.39 is 11.7 Å². The van der Waals surface area contributed by atoms with Gasteiger partial charge in [-0.25, -0.2) is 4.79 Å². The summed E-state index contributed by atoms with van der Waals surface area (Å²) in [7, 11) is 1.89. The van der Waals surface area contributed by atoms with Crippen molar-refractivity contribution in [1.29, 1.82) is 0 Å². The topological polar surface area (TPSA) is 86.3 Å². The van der Waals surface area contributed by atoms with E-state index in [0.717, 1.165) is 33.6 Å². The van der Waals surface area contributed by atoms with Crippen LogP contribution < -0.4 is 5.32 Å². The van der Waals surface area contributed by atoms with Crippen LogP contribution >= 0.6 is 0 Å². The highest BCUT2D eigenvalue weighted by molar-refractivity contribution is 5.75. The molecule has 8 heteroatoms. The highest BCUT2D eigenvalue weighted by Crippen LogP contribution is 2.28. The fraction of sp³-hybridized carbons (Fsp3) is 0.273. The van der Waals surface area contributed by atoms with Gasteiger partial charge in [-0.3, -0.25) is 9.08 Å². The molecule has 4 aromatic rings. The molecule has 4 rings (SSSR count). The molecule has 0 unspecified atom stereocenters. The molecule has 0 spiro atoms. The lowest BCUT2D eigenvalue weighted by atomic mass is 10.0. The first-order chi connectivity index (χ1) is 14.3. The van der Waals surface area contributed by atoms with E-state index in [4.69, 9.17) is 4.74 Å². The van der Waals surface area contributed by atoms with Gasteiger partial charge in [-0.05, 0) is 49.6 Å². The number of carbonyl (C=O) groups excluding carboxylic acids is 1. The lowest BCUT2D eigenvalue weighted by Crippen LogP contribution is -2.32. The van der Waals surface area contributed by atoms with Gasteiger partial charge in [0.1, 0.15) is 11.9 Å². The molecule has 3 heterocycles. The number of hydrogen-bond donors (Lipinski definition) is 1. The number of hydrogen-bond acceptors (Lipinski definition) is 5. The van der Waals surface area contributed by atoms with Crippen molar-refractivity contribution in [2.45, 2.75) is 32.9 Å². The number of fused-ring (bicyclic) bond motifs is 1. The molecule has 0 fully saturated rings. The smallest absolute Gasteiger partial charge is 0.407 e. The second-order valence-corrected chi connectivity index (χ2v) is 8.14. The quantitative estimate of drug-likeness (QED) is 0.559. The number of ether oxygens (including phenoxy) is 1. The van der Waals surface area contributed by atoms with Crippen molar-refractivity contribution in [3.05, 3.63) is 60.7 Å². The Morgan fingerprint density at radius 3 is 2.53 bits per heavy atom. The summed E-state index contributed by atoms with van der Waals surface area (Å²) in [5.41, 5.74) is 5.26. The summed E-state index contributed by atoms with van der Waals surface area (Å²) < 4.78 is 9.00. The Balaban J connectivity index is 1.58. The minimum atomic E-state index is -0.516. The molecule has 0 aliphatic rings. The van der Waals surface area contributed by atoms with Crippen LogP contribution in [0.5, 0.6) is 0 Å². The van der Waals surface area contributed by atoms with Crippen molar-refractivity contribution in [3.8, 4) is 22.4 Å². The molecule has 0 saturated carbocycles. The van der Waals surface area contributed by atoms with Crippen LogP contribution in [0.4, 0.5) is 4.79 Å². The van der Waals surface area contributed by atoms with Crippen LogP contribution in [0.25, 0.3) is 28.0 Å². The van der Waals surface area contributed by atoms with E-state index >= 15 is 0 Å². The van der Waals surface area contributed by atoms with Gasteiger partial charge in [0.25, 0.3) is 0 Å². The monoisotopic (exact) mass is 404 g/mol. The molecule has 0 saturated heterocycles. The third-order valence-corrected chi connectivity index (χ3v) is 4.53. The molecule has 1 amide bonds. The van der Waals surface area contributed by atoms with Crippen LogP contribution in [-0.4, -0.2) is 36.1 Å². The average Bonchev–Trinajstić information content (AvgIpc) is 3.33. The number of carbonyl (C=O) groups is 1. The zero-order chi connectivity index (χ0) is 21.3. The molecule has 30 heavy (non-hydrogen) atoms. The number of aromatic nitrogens is 5. The number of nitrogens with one attached hydrogen (secondary N) is 1. The van der Waals surface area contributed by atoms with Crippen LogP contribution in [0.2, 0.25) is 0 Å². The number of pyridine rings is 1. The van der Waals surface area contributed by atoms with Gasteiger partial charge < -0.3 is 10.1 Å². The molecule has 154 valence electrons. The van der Waals surface area contributed by atoms with E-state index in [1.54, 1.807) is 11.0 Å². The van der Waals surface area contributed by atoms with Crippen LogP contribution in [-0.2, 0) is 18.3 Å². The summed E-state index contributed by atoms with van der Waals surface area (Å²) in [6.07, 6.45) is 5.08. The first-order valence-electron chi connectivity index (χ1n) is 9.67. The van der Waals surface area contributed by atoms with Gasteiger partial charge in [0, 0.05) is 25.4 Å². The molecule has 0 aliphatic carbocycles. The number of alkyl carbamates (subject to hydrolysis) is 1. The Bertz CT molecular complexity index is 1180. The van der Waals surface area contributed by atoms with Gasteiger partial charge in [0.15, 0.2) is 5.65 Å². The fourth-order valence-corrected chi connectivity index (χ4v) is 3.17. The molecule has 1 N–H and O–H groups in total. The van der Waals surface area contributed by atoms with Crippen molar-refractivity contribution in [2.24, 2.45) is 7.05 Å². The molecular formula is C22H24N6O2. The van der Waals surface area contributed by atoms with Gasteiger partial charge >= 0.3 is 6.09 Å². The highest BCUT2D eigenvalue weighted by Gasteiger charge is 2.16. The van der Waals surface area contributed by atoms with Crippen LogP contribution in [0.3, 0.4) is 0 Å². The first kappa shape index (κ1) is 19.6. The van der Waals surface area contributed by atoms with Crippen molar-refractivity contribution in [2.75, 3.05) is 0 Å². The maximum Gasteiger partial charge on any atom is 0.407 e. The fourth-order valence-electron chi connectivity index (χ4n) is 3.17. The summed E-state index contributed by atoms with van der Waals surface area (Å²) in [4.78, 5) is 11.9. The Hall–Kier alpha value is -3.68. The highest BCUT2D eigenvalue weighted by atomic mass is 16.6. The van der Waals surface area contributed by atoms with E-state index in [9.17, 15) is 4.79 Å². The zero-order valence-electron chi connectivity index (χ0n) is 17.5. The van der Waals surface area contributed by atoms with Gasteiger partial charge in [0.2, 0.25) is 0 Å². The summed E-state index contributed by atoms with van der Waals surface area (Å²) in [5.74, 6) is 0. The first-order valence-corrected chi connectivity index (χ1v) is 9.67. The van der Waals surface area contributed by atoms with Gasteiger partial charge in [-0.15, -0.1) is 10.2 Å². The van der Waals surface area contributed by atoms with Gasteiger partial charge in [-0.1, -0.05) is 24.3 Å². The van der Waals surface area contributed by atoms with E-state index in [1.165, 1.54) is 0 Å². The average molecular weight is 404 g/mol. The summed E-state index contributed by atoms with van der Waals surface area (Å²) in [5, 5.41) is 15.3. The number of nitrogens with zero attached hydrogens (tertiary/aromatic N) is 5. The molecule has 0 atom stereocenters. The Kier molecular flexibility index (Phi) is 4.99. The number of benzene rings is 1. The lowest BCUT2D eigenvalue weighted by molar-refractivity contribution is 0.0523. The van der Waals surface area contributed by atoms with Crippen molar-refractivity contribution >= 4 is 11.7 Å². The van der Waals surface area contributed by atoms with Crippen LogP contribution in [0.1, 0.15) is 26.3 Å². The number of aryl methyl sites for hydroxylation is 1. The number of amides is 1. The standard InChI is InChI=1S/C22H24N6O2/c1-22(2,3)30-21(29)23-11-15-5-7-16(8-6-15)19-9-17(18-12-25-27(4)13-18)10-20-26-24-14-28(19)20/h5-10,12-14H,11H2,1-4H3,(H,23,29). The van der Waals surface area contributed by atoms with Crippen molar-refractivity contribution in [3.63, 3.8) is 0 Å². The minimum Gasteiger partial charge on any atom is -0.444 e. The number of rotatable bonds is 4. The Morgan fingerprint density at radius 1 is 1.10 bits per heavy atom. The third-order valence-electron chi connectivity index (χ3n) is 4.53. The second kappa shape index (κ2) is 7.62. The molecule has 0 bridgehead atoms. The molecule has 1 aromatic carbocycles. The van der Waals surface area contributed by atoms with E-state index in [2.05, 4.69) is 26.7 Å². The van der Waals surface area contributed by atoms with Gasteiger partial charge in [0.05, 0.1) is 11.9 Å². The Labute approximate surface area is 174 Å². The molecule has 8 nitrogen and oxygen atoms in total. The van der Waals surface area contributed by atoms with E-state index in [0.29, 0.717) is 6.54 Å². The second-order valence-electron chi connectivity index (χ2n) is 8.14. The van der Waals surface area contributed by atoms with Crippen LogP contribution in [0.15, 0.2) is 55.1 Å². The van der Waals surface area contributed by atoms with E-state index in [1.807, 2.05) is 74.9 Å². The summed E-state index contributed by atoms with van der Waals surface area (Å²) in [6, 6.07) is 12.1. The molecule has 0 aliphatic heterocycles.